The summed E-state index contributed by atoms with van der Waals surface area (Å²) in [5.41, 5.74) is 0.962. The number of ether oxygens (including phenoxy) is 1. The first-order chi connectivity index (χ1) is 10.9. The molecule has 0 heterocycles. The van der Waals surface area contributed by atoms with Crippen LogP contribution in [0.4, 0.5) is 4.39 Å². The van der Waals surface area contributed by atoms with E-state index >= 15 is 0 Å². The quantitative estimate of drug-likeness (QED) is 0.842. The smallest absolute Gasteiger partial charge is 0.216 e. The van der Waals surface area contributed by atoms with Gasteiger partial charge in [0, 0.05) is 11.6 Å². The molecule has 1 N–H and O–H groups in total. The number of halogens is 1. The minimum atomic E-state index is -3.65. The molecule has 0 aliphatic rings. The third-order valence-corrected chi connectivity index (χ3v) is 4.75. The maximum absolute atomic E-state index is 13.6. The molecule has 4 nitrogen and oxygen atoms in total. The van der Waals surface area contributed by atoms with Gasteiger partial charge in [0.05, 0.1) is 12.4 Å². The van der Waals surface area contributed by atoms with Crippen LogP contribution in [0.15, 0.2) is 48.5 Å². The van der Waals surface area contributed by atoms with Gasteiger partial charge in [-0.05, 0) is 37.6 Å². The number of sulfonamides is 1. The zero-order valence-corrected chi connectivity index (χ0v) is 13.9. The molecule has 0 saturated carbocycles. The van der Waals surface area contributed by atoms with Gasteiger partial charge in [0.2, 0.25) is 10.0 Å². The van der Waals surface area contributed by atoms with E-state index in [1.807, 2.05) is 6.92 Å². The molecule has 0 aliphatic carbocycles. The average Bonchev–Trinajstić information content (AvgIpc) is 2.50. The van der Waals surface area contributed by atoms with Gasteiger partial charge >= 0.3 is 0 Å². The van der Waals surface area contributed by atoms with Crippen molar-refractivity contribution in [3.05, 3.63) is 65.5 Å². The van der Waals surface area contributed by atoms with E-state index < -0.39 is 21.9 Å². The van der Waals surface area contributed by atoms with Crippen molar-refractivity contribution in [3.8, 4) is 5.75 Å². The number of rotatable bonds is 7. The van der Waals surface area contributed by atoms with E-state index in [1.54, 1.807) is 37.3 Å². The lowest BCUT2D eigenvalue weighted by Gasteiger charge is -2.15. The summed E-state index contributed by atoms with van der Waals surface area (Å²) >= 11 is 0. The van der Waals surface area contributed by atoms with Gasteiger partial charge in [-0.2, -0.15) is 0 Å². The van der Waals surface area contributed by atoms with Crippen molar-refractivity contribution in [2.45, 2.75) is 25.6 Å². The molecule has 2 aromatic carbocycles. The molecule has 124 valence electrons. The molecular formula is C17H20FNO3S. The minimum absolute atomic E-state index is 0.152. The maximum Gasteiger partial charge on any atom is 0.216 e. The lowest BCUT2D eigenvalue weighted by molar-refractivity contribution is 0.340. The van der Waals surface area contributed by atoms with E-state index in [0.29, 0.717) is 6.61 Å². The minimum Gasteiger partial charge on any atom is -0.494 e. The van der Waals surface area contributed by atoms with Gasteiger partial charge in [0.15, 0.2) is 0 Å². The number of nitrogens with one attached hydrogen (secondary N) is 1. The van der Waals surface area contributed by atoms with Crippen molar-refractivity contribution in [1.82, 2.24) is 4.72 Å². The van der Waals surface area contributed by atoms with Crippen LogP contribution in [0.3, 0.4) is 0 Å². The second kappa shape index (κ2) is 7.57. The highest BCUT2D eigenvalue weighted by Crippen LogP contribution is 2.19. The summed E-state index contributed by atoms with van der Waals surface area (Å²) in [7, 11) is -3.65. The van der Waals surface area contributed by atoms with E-state index in [1.165, 1.54) is 18.2 Å². The molecule has 0 aromatic heterocycles. The molecule has 1 atom stereocenters. The molecule has 0 saturated heterocycles. The molecule has 23 heavy (non-hydrogen) atoms. The Labute approximate surface area is 136 Å². The van der Waals surface area contributed by atoms with Crippen LogP contribution in [-0.4, -0.2) is 15.0 Å². The average molecular weight is 337 g/mol. The molecule has 0 aliphatic heterocycles. The van der Waals surface area contributed by atoms with Crippen LogP contribution in [0.2, 0.25) is 0 Å². The van der Waals surface area contributed by atoms with Crippen LogP contribution >= 0.6 is 0 Å². The molecule has 2 aromatic rings. The lowest BCUT2D eigenvalue weighted by Crippen LogP contribution is -2.28. The molecule has 6 heteroatoms. The number of hydrogen-bond acceptors (Lipinski definition) is 3. The normalized spacial score (nSPS) is 12.8. The van der Waals surface area contributed by atoms with Crippen LogP contribution in [-0.2, 0) is 15.8 Å². The zero-order valence-electron chi connectivity index (χ0n) is 13.1. The fourth-order valence-electron chi connectivity index (χ4n) is 2.22. The highest BCUT2D eigenvalue weighted by molar-refractivity contribution is 7.88. The van der Waals surface area contributed by atoms with Crippen molar-refractivity contribution in [1.29, 1.82) is 0 Å². The molecule has 0 amide bonds. The third-order valence-electron chi connectivity index (χ3n) is 3.35. The van der Waals surface area contributed by atoms with E-state index in [4.69, 9.17) is 4.74 Å². The first kappa shape index (κ1) is 17.4. The van der Waals surface area contributed by atoms with Crippen LogP contribution in [0.25, 0.3) is 0 Å². The van der Waals surface area contributed by atoms with Gasteiger partial charge < -0.3 is 4.74 Å². The lowest BCUT2D eigenvalue weighted by atomic mass is 10.1. The van der Waals surface area contributed by atoms with E-state index in [-0.39, 0.29) is 11.3 Å². The van der Waals surface area contributed by atoms with Crippen molar-refractivity contribution in [2.24, 2.45) is 0 Å². The van der Waals surface area contributed by atoms with E-state index in [2.05, 4.69) is 4.72 Å². The Bertz CT molecular complexity index is 745. The molecular weight excluding hydrogens is 317 g/mol. The molecule has 2 rings (SSSR count). The van der Waals surface area contributed by atoms with Gasteiger partial charge in [-0.1, -0.05) is 30.3 Å². The Morgan fingerprint density at radius 2 is 1.78 bits per heavy atom. The standard InChI is InChI=1S/C17H20FNO3S/c1-3-22-16-10-8-14(9-11-16)13(2)19-23(20,21)12-15-6-4-5-7-17(15)18/h4-11,13,19H,3,12H2,1-2H3/t13-/m0/s1. The van der Waals surface area contributed by atoms with E-state index in [9.17, 15) is 12.8 Å². The second-order valence-electron chi connectivity index (χ2n) is 5.19. The summed E-state index contributed by atoms with van der Waals surface area (Å²) in [6.45, 7) is 4.21. The van der Waals surface area contributed by atoms with Gasteiger partial charge in [-0.15, -0.1) is 0 Å². The fourth-order valence-corrected chi connectivity index (χ4v) is 3.62. The summed E-state index contributed by atoms with van der Waals surface area (Å²) in [4.78, 5) is 0. The number of hydrogen-bond donors (Lipinski definition) is 1. The monoisotopic (exact) mass is 337 g/mol. The SMILES string of the molecule is CCOc1ccc([C@H](C)NS(=O)(=O)Cc2ccccc2F)cc1. The second-order valence-corrected chi connectivity index (χ2v) is 6.95. The van der Waals surface area contributed by atoms with Crippen molar-refractivity contribution >= 4 is 10.0 Å². The first-order valence-electron chi connectivity index (χ1n) is 7.37. The first-order valence-corrected chi connectivity index (χ1v) is 9.02. The summed E-state index contributed by atoms with van der Waals surface area (Å²) in [6.07, 6.45) is 0. The van der Waals surface area contributed by atoms with Crippen LogP contribution < -0.4 is 9.46 Å². The molecule has 0 unspecified atom stereocenters. The predicted molar refractivity (Wildman–Crippen MR) is 88.2 cm³/mol. The molecule has 0 bridgehead atoms. The van der Waals surface area contributed by atoms with Crippen LogP contribution in [0.1, 0.15) is 31.0 Å². The topological polar surface area (TPSA) is 55.4 Å². The Morgan fingerprint density at radius 1 is 1.13 bits per heavy atom. The molecule has 0 fully saturated rings. The largest absolute Gasteiger partial charge is 0.494 e. The van der Waals surface area contributed by atoms with Crippen molar-refractivity contribution in [2.75, 3.05) is 6.61 Å². The Balaban J connectivity index is 2.06. The van der Waals surface area contributed by atoms with Gasteiger partial charge in [0.1, 0.15) is 11.6 Å². The van der Waals surface area contributed by atoms with Gasteiger partial charge in [-0.3, -0.25) is 0 Å². The highest BCUT2D eigenvalue weighted by Gasteiger charge is 2.18. The summed E-state index contributed by atoms with van der Waals surface area (Å²) < 4.78 is 45.9. The highest BCUT2D eigenvalue weighted by atomic mass is 32.2. The van der Waals surface area contributed by atoms with Crippen LogP contribution in [0, 0.1) is 5.82 Å². The zero-order chi connectivity index (χ0) is 16.9. The maximum atomic E-state index is 13.6. The van der Waals surface area contributed by atoms with Crippen molar-refractivity contribution in [3.63, 3.8) is 0 Å². The van der Waals surface area contributed by atoms with E-state index in [0.717, 1.165) is 11.3 Å². The fraction of sp³-hybridized carbons (Fsp3) is 0.294. The molecule has 0 radical (unpaired) electrons. The Morgan fingerprint density at radius 3 is 2.39 bits per heavy atom. The number of benzene rings is 2. The van der Waals surface area contributed by atoms with Gasteiger partial charge in [0.25, 0.3) is 0 Å². The Kier molecular flexibility index (Phi) is 5.74. The summed E-state index contributed by atoms with van der Waals surface area (Å²) in [6, 6.07) is 12.6. The van der Waals surface area contributed by atoms with Crippen molar-refractivity contribution < 1.29 is 17.5 Å². The predicted octanol–water partition coefficient (Wildman–Crippen LogP) is 3.41. The van der Waals surface area contributed by atoms with Crippen LogP contribution in [0.5, 0.6) is 5.75 Å². The summed E-state index contributed by atoms with van der Waals surface area (Å²) in [5.74, 6) is -0.176. The summed E-state index contributed by atoms with van der Waals surface area (Å²) in [5, 5.41) is 0. The Hall–Kier alpha value is -1.92. The molecule has 0 spiro atoms. The third kappa shape index (κ3) is 5.04. The van der Waals surface area contributed by atoms with Gasteiger partial charge in [-0.25, -0.2) is 17.5 Å².